The molecule has 2 N–H and O–H groups in total. The molecule has 8 heteroatoms. The first-order chi connectivity index (χ1) is 13.4. The predicted molar refractivity (Wildman–Crippen MR) is 110 cm³/mol. The van der Waals surface area contributed by atoms with Gasteiger partial charge in [0.25, 0.3) is 5.91 Å². The number of likely N-dealkylation sites (N-methyl/N-ethyl adjacent to an activating group) is 1. The van der Waals surface area contributed by atoms with Gasteiger partial charge in [-0.3, -0.25) is 4.79 Å². The number of carbonyl (C=O) groups excluding carboxylic acids is 1. The maximum absolute atomic E-state index is 12.5. The molecule has 1 saturated heterocycles. The van der Waals surface area contributed by atoms with Crippen molar-refractivity contribution in [3.8, 4) is 0 Å². The minimum absolute atomic E-state index is 0.139. The van der Waals surface area contributed by atoms with E-state index in [-0.39, 0.29) is 17.3 Å². The van der Waals surface area contributed by atoms with Crippen LogP contribution in [0.5, 0.6) is 0 Å². The lowest BCUT2D eigenvalue weighted by Gasteiger charge is -2.16. The summed E-state index contributed by atoms with van der Waals surface area (Å²) in [6, 6.07) is 13.9. The smallest absolute Gasteiger partial charge is 0.279 e. The Balaban J connectivity index is 1.56. The van der Waals surface area contributed by atoms with Crippen molar-refractivity contribution in [1.82, 2.24) is 4.31 Å². The molecule has 3 rings (SSSR count). The SMILES string of the molecule is C[NH+](CC(=O)Nc1ccc(S(=O)(=O)N2CCCC2)cc1)Cc1ccccc1Cl. The van der Waals surface area contributed by atoms with E-state index in [9.17, 15) is 13.2 Å². The molecule has 6 nitrogen and oxygen atoms in total. The Bertz CT molecular complexity index is 926. The molecule has 0 aromatic heterocycles. The van der Waals surface area contributed by atoms with E-state index in [1.54, 1.807) is 24.3 Å². The van der Waals surface area contributed by atoms with Crippen molar-refractivity contribution in [2.45, 2.75) is 24.3 Å². The molecule has 0 saturated carbocycles. The van der Waals surface area contributed by atoms with E-state index in [0.717, 1.165) is 23.3 Å². The molecule has 0 aliphatic carbocycles. The second-order valence-electron chi connectivity index (χ2n) is 7.09. The average molecular weight is 423 g/mol. The summed E-state index contributed by atoms with van der Waals surface area (Å²) in [6.07, 6.45) is 1.80. The van der Waals surface area contributed by atoms with Crippen LogP contribution >= 0.6 is 11.6 Å². The highest BCUT2D eigenvalue weighted by Crippen LogP contribution is 2.22. The number of halogens is 1. The zero-order valence-electron chi connectivity index (χ0n) is 15.8. The molecule has 1 aliphatic rings. The minimum Gasteiger partial charge on any atom is -0.326 e. The van der Waals surface area contributed by atoms with Gasteiger partial charge in [0.2, 0.25) is 10.0 Å². The van der Waals surface area contributed by atoms with Gasteiger partial charge in [-0.2, -0.15) is 4.31 Å². The van der Waals surface area contributed by atoms with E-state index in [1.165, 1.54) is 4.31 Å². The van der Waals surface area contributed by atoms with Crippen molar-refractivity contribution in [2.75, 3.05) is 32.0 Å². The number of carbonyl (C=O) groups is 1. The van der Waals surface area contributed by atoms with E-state index in [0.29, 0.717) is 30.3 Å². The largest absolute Gasteiger partial charge is 0.326 e. The van der Waals surface area contributed by atoms with E-state index in [1.807, 2.05) is 31.3 Å². The molecule has 1 aliphatic heterocycles. The number of benzene rings is 2. The summed E-state index contributed by atoms with van der Waals surface area (Å²) < 4.78 is 26.6. The first kappa shape index (κ1) is 20.8. The van der Waals surface area contributed by atoms with E-state index < -0.39 is 10.0 Å². The second kappa shape index (κ2) is 9.05. The van der Waals surface area contributed by atoms with E-state index in [2.05, 4.69) is 5.32 Å². The molecule has 1 unspecified atom stereocenters. The first-order valence-electron chi connectivity index (χ1n) is 9.31. The number of amides is 1. The molecule has 150 valence electrons. The lowest BCUT2D eigenvalue weighted by Crippen LogP contribution is -3.08. The third-order valence-electron chi connectivity index (χ3n) is 4.75. The summed E-state index contributed by atoms with van der Waals surface area (Å²) in [5.74, 6) is -0.139. The van der Waals surface area contributed by atoms with Gasteiger partial charge in [-0.05, 0) is 43.2 Å². The monoisotopic (exact) mass is 422 g/mol. The number of rotatable bonds is 7. The van der Waals surface area contributed by atoms with Crippen LogP contribution in [0.15, 0.2) is 53.4 Å². The Hall–Kier alpha value is -1.93. The lowest BCUT2D eigenvalue weighted by atomic mass is 10.2. The van der Waals surface area contributed by atoms with Crippen molar-refractivity contribution in [3.63, 3.8) is 0 Å². The van der Waals surface area contributed by atoms with Crippen LogP contribution in [0.4, 0.5) is 5.69 Å². The highest BCUT2D eigenvalue weighted by molar-refractivity contribution is 7.89. The standard InChI is InChI=1S/C20H24ClN3O3S/c1-23(14-16-6-2-3-7-19(16)21)15-20(25)22-17-8-10-18(11-9-17)28(26,27)24-12-4-5-13-24/h2-3,6-11H,4-5,12-15H2,1H3,(H,22,25)/p+1. The number of sulfonamides is 1. The zero-order chi connectivity index (χ0) is 20.1. The van der Waals surface area contributed by atoms with Crippen molar-refractivity contribution in [1.29, 1.82) is 0 Å². The van der Waals surface area contributed by atoms with Gasteiger partial charge < -0.3 is 10.2 Å². The summed E-state index contributed by atoms with van der Waals surface area (Å²) in [6.45, 7) is 2.06. The maximum atomic E-state index is 12.5. The molecule has 28 heavy (non-hydrogen) atoms. The molecule has 1 heterocycles. The Morgan fingerprint density at radius 1 is 1.11 bits per heavy atom. The summed E-state index contributed by atoms with van der Waals surface area (Å²) in [4.78, 5) is 13.6. The van der Waals surface area contributed by atoms with Gasteiger partial charge in [0.05, 0.1) is 11.9 Å². The minimum atomic E-state index is -3.44. The Morgan fingerprint density at radius 2 is 1.75 bits per heavy atom. The first-order valence-corrected chi connectivity index (χ1v) is 11.1. The quantitative estimate of drug-likeness (QED) is 0.714. The van der Waals surface area contributed by atoms with Crippen LogP contribution in [0, 0.1) is 0 Å². The molecule has 0 bridgehead atoms. The van der Waals surface area contributed by atoms with E-state index in [4.69, 9.17) is 11.6 Å². The number of hydrogen-bond donors (Lipinski definition) is 2. The maximum Gasteiger partial charge on any atom is 0.279 e. The molecule has 2 aromatic carbocycles. The number of nitrogens with zero attached hydrogens (tertiary/aromatic N) is 1. The summed E-state index contributed by atoms with van der Waals surface area (Å²) >= 11 is 6.17. The van der Waals surface area contributed by atoms with Gasteiger partial charge in [0.15, 0.2) is 6.54 Å². The molecule has 2 aromatic rings. The zero-order valence-corrected chi connectivity index (χ0v) is 17.4. The third kappa shape index (κ3) is 5.11. The van der Waals surface area contributed by atoms with Gasteiger partial charge in [-0.25, -0.2) is 8.42 Å². The topological polar surface area (TPSA) is 70.9 Å². The fourth-order valence-corrected chi connectivity index (χ4v) is 5.02. The molecule has 1 amide bonds. The van der Waals surface area contributed by atoms with Gasteiger partial charge in [0, 0.05) is 29.4 Å². The molecule has 1 atom stereocenters. The third-order valence-corrected chi connectivity index (χ3v) is 7.03. The van der Waals surface area contributed by atoms with Crippen LogP contribution in [0.3, 0.4) is 0 Å². The summed E-state index contributed by atoms with van der Waals surface area (Å²) in [5.41, 5.74) is 1.57. The normalized spacial score (nSPS) is 16.1. The fourth-order valence-electron chi connectivity index (χ4n) is 3.30. The highest BCUT2D eigenvalue weighted by atomic mass is 35.5. The predicted octanol–water partition coefficient (Wildman–Crippen LogP) is 1.78. The van der Waals surface area contributed by atoms with Crippen LogP contribution in [0.1, 0.15) is 18.4 Å². The van der Waals surface area contributed by atoms with Gasteiger partial charge in [-0.1, -0.05) is 29.8 Å². The molecule has 1 fully saturated rings. The van der Waals surface area contributed by atoms with Crippen molar-refractivity contribution >= 4 is 33.2 Å². The van der Waals surface area contributed by atoms with E-state index >= 15 is 0 Å². The summed E-state index contributed by atoms with van der Waals surface area (Å²) in [7, 11) is -1.51. The second-order valence-corrected chi connectivity index (χ2v) is 9.43. The van der Waals surface area contributed by atoms with Crippen LogP contribution in [-0.4, -0.2) is 45.3 Å². The molecule has 0 radical (unpaired) electrons. The van der Waals surface area contributed by atoms with Crippen molar-refractivity contribution < 1.29 is 18.1 Å². The lowest BCUT2D eigenvalue weighted by molar-refractivity contribution is -0.885. The Labute approximate surface area is 171 Å². The number of anilines is 1. The van der Waals surface area contributed by atoms with Gasteiger partial charge in [-0.15, -0.1) is 0 Å². The number of nitrogens with one attached hydrogen (secondary N) is 2. The van der Waals surface area contributed by atoms with Crippen molar-refractivity contribution in [3.05, 3.63) is 59.1 Å². The van der Waals surface area contributed by atoms with Crippen LogP contribution in [0.25, 0.3) is 0 Å². The van der Waals surface area contributed by atoms with Crippen LogP contribution in [0.2, 0.25) is 5.02 Å². The molecule has 0 spiro atoms. The Kier molecular flexibility index (Phi) is 6.72. The van der Waals surface area contributed by atoms with Gasteiger partial charge >= 0.3 is 0 Å². The van der Waals surface area contributed by atoms with Crippen LogP contribution < -0.4 is 10.2 Å². The number of quaternary nitrogens is 1. The molecular formula is C20H25ClN3O3S+. The summed E-state index contributed by atoms with van der Waals surface area (Å²) in [5, 5.41) is 3.51. The molecular weight excluding hydrogens is 398 g/mol. The van der Waals surface area contributed by atoms with Gasteiger partial charge in [0.1, 0.15) is 6.54 Å². The number of hydrogen-bond acceptors (Lipinski definition) is 3. The Morgan fingerprint density at radius 3 is 2.39 bits per heavy atom. The highest BCUT2D eigenvalue weighted by Gasteiger charge is 2.27. The van der Waals surface area contributed by atoms with Crippen LogP contribution in [-0.2, 0) is 21.4 Å². The van der Waals surface area contributed by atoms with Crippen molar-refractivity contribution in [2.24, 2.45) is 0 Å². The fraction of sp³-hybridized carbons (Fsp3) is 0.350. The average Bonchev–Trinajstić information content (AvgIpc) is 3.19.